The summed E-state index contributed by atoms with van der Waals surface area (Å²) < 4.78 is 15.9. The van der Waals surface area contributed by atoms with Crippen LogP contribution in [0.1, 0.15) is 13.3 Å². The van der Waals surface area contributed by atoms with Crippen LogP contribution in [0.25, 0.3) is 0 Å². The van der Waals surface area contributed by atoms with E-state index in [1.54, 1.807) is 0 Å². The number of hydrogen-bond acceptors (Lipinski definition) is 5. The predicted octanol–water partition coefficient (Wildman–Crippen LogP) is 2.50. The number of hydrogen-bond donors (Lipinski definition) is 0. The number of methoxy groups -OCH3 is 1. The second-order valence-corrected chi connectivity index (χ2v) is 5.36. The summed E-state index contributed by atoms with van der Waals surface area (Å²) in [6.45, 7) is 3.16. The molecule has 2 rings (SSSR count). The third kappa shape index (κ3) is 3.10. The fraction of sp³-hybridized carbons (Fsp3) is 0.462. The second kappa shape index (κ2) is 6.00. The Labute approximate surface area is 111 Å². The van der Waals surface area contributed by atoms with E-state index in [2.05, 4.69) is 0 Å². The van der Waals surface area contributed by atoms with Crippen LogP contribution in [0.3, 0.4) is 0 Å². The van der Waals surface area contributed by atoms with Crippen molar-refractivity contribution in [3.05, 3.63) is 18.2 Å². The van der Waals surface area contributed by atoms with Gasteiger partial charge in [-0.3, -0.25) is 4.79 Å². The third-order valence-corrected chi connectivity index (χ3v) is 3.64. The third-order valence-electron chi connectivity index (χ3n) is 2.56. The Bertz CT molecular complexity index is 433. The van der Waals surface area contributed by atoms with Crippen LogP contribution >= 0.6 is 11.8 Å². The van der Waals surface area contributed by atoms with Crippen LogP contribution in [0.4, 0.5) is 0 Å². The molecule has 0 saturated carbocycles. The van der Waals surface area contributed by atoms with Gasteiger partial charge in [0, 0.05) is 11.3 Å². The van der Waals surface area contributed by atoms with Crippen LogP contribution in [0, 0.1) is 0 Å². The highest BCUT2D eigenvalue weighted by Gasteiger charge is 2.16. The number of carbonyl (C=O) groups is 1. The predicted molar refractivity (Wildman–Crippen MR) is 69.4 cm³/mol. The first kappa shape index (κ1) is 13.1. The molecule has 1 atom stereocenters. The van der Waals surface area contributed by atoms with Crippen molar-refractivity contribution in [1.29, 1.82) is 0 Å². The molecular formula is C13H16O4S. The molecule has 98 valence electrons. The molecule has 0 bridgehead atoms. The fourth-order valence-corrected chi connectivity index (χ4v) is 2.56. The van der Waals surface area contributed by atoms with Gasteiger partial charge < -0.3 is 14.2 Å². The van der Waals surface area contributed by atoms with Gasteiger partial charge in [0.25, 0.3) is 0 Å². The molecule has 4 nitrogen and oxygen atoms in total. The molecule has 1 aliphatic heterocycles. The molecule has 18 heavy (non-hydrogen) atoms. The Hall–Kier alpha value is -1.36. The summed E-state index contributed by atoms with van der Waals surface area (Å²) in [5.41, 5.74) is 0. The van der Waals surface area contributed by atoms with Crippen molar-refractivity contribution in [3.8, 4) is 11.5 Å². The van der Waals surface area contributed by atoms with Gasteiger partial charge in [-0.25, -0.2) is 0 Å². The summed E-state index contributed by atoms with van der Waals surface area (Å²) in [5, 5.41) is -0.236. The average Bonchev–Trinajstić information content (AvgIpc) is 2.62. The molecule has 1 heterocycles. The maximum Gasteiger partial charge on any atom is 0.318 e. The SMILES string of the molecule is COC(=O)C(C)Sc1ccc2c(c1)OCCCO2. The molecule has 5 heteroatoms. The van der Waals surface area contributed by atoms with Gasteiger partial charge in [0.15, 0.2) is 11.5 Å². The van der Waals surface area contributed by atoms with E-state index in [1.807, 2.05) is 25.1 Å². The summed E-state index contributed by atoms with van der Waals surface area (Å²) in [4.78, 5) is 12.3. The Kier molecular flexibility index (Phi) is 4.36. The summed E-state index contributed by atoms with van der Waals surface area (Å²) in [7, 11) is 1.40. The van der Waals surface area contributed by atoms with Crippen molar-refractivity contribution < 1.29 is 19.0 Å². The maximum atomic E-state index is 11.4. The van der Waals surface area contributed by atoms with Gasteiger partial charge >= 0.3 is 5.97 Å². The summed E-state index contributed by atoms with van der Waals surface area (Å²) in [6.07, 6.45) is 0.885. The second-order valence-electron chi connectivity index (χ2n) is 3.94. The van der Waals surface area contributed by atoms with E-state index in [1.165, 1.54) is 18.9 Å². The zero-order chi connectivity index (χ0) is 13.0. The van der Waals surface area contributed by atoms with Crippen molar-refractivity contribution in [2.75, 3.05) is 20.3 Å². The van der Waals surface area contributed by atoms with Gasteiger partial charge in [-0.05, 0) is 25.1 Å². The van der Waals surface area contributed by atoms with E-state index in [0.717, 1.165) is 22.8 Å². The number of esters is 1. The van der Waals surface area contributed by atoms with Crippen LogP contribution in [-0.2, 0) is 9.53 Å². The average molecular weight is 268 g/mol. The van der Waals surface area contributed by atoms with Crippen molar-refractivity contribution in [1.82, 2.24) is 0 Å². The lowest BCUT2D eigenvalue weighted by Crippen LogP contribution is -2.14. The highest BCUT2D eigenvalue weighted by Crippen LogP contribution is 2.35. The first-order chi connectivity index (χ1) is 8.70. The monoisotopic (exact) mass is 268 g/mol. The highest BCUT2D eigenvalue weighted by atomic mass is 32.2. The largest absolute Gasteiger partial charge is 0.490 e. The summed E-state index contributed by atoms with van der Waals surface area (Å²) in [5.74, 6) is 1.28. The Morgan fingerprint density at radius 3 is 2.78 bits per heavy atom. The van der Waals surface area contributed by atoms with Crippen molar-refractivity contribution >= 4 is 17.7 Å². The van der Waals surface area contributed by atoms with E-state index >= 15 is 0 Å². The Morgan fingerprint density at radius 2 is 2.06 bits per heavy atom. The highest BCUT2D eigenvalue weighted by molar-refractivity contribution is 8.00. The summed E-state index contributed by atoms with van der Waals surface area (Å²) in [6, 6.07) is 5.72. The molecule has 0 radical (unpaired) electrons. The van der Waals surface area contributed by atoms with Gasteiger partial charge in [-0.2, -0.15) is 0 Å². The Morgan fingerprint density at radius 1 is 1.33 bits per heavy atom. The van der Waals surface area contributed by atoms with Gasteiger partial charge in [0.05, 0.1) is 20.3 Å². The van der Waals surface area contributed by atoms with Crippen molar-refractivity contribution in [2.24, 2.45) is 0 Å². The topological polar surface area (TPSA) is 44.8 Å². The van der Waals surface area contributed by atoms with Gasteiger partial charge in [0.2, 0.25) is 0 Å². The quantitative estimate of drug-likeness (QED) is 0.622. The molecule has 0 fully saturated rings. The molecule has 0 aromatic heterocycles. The van der Waals surface area contributed by atoms with Crippen molar-refractivity contribution in [2.45, 2.75) is 23.5 Å². The summed E-state index contributed by atoms with van der Waals surface area (Å²) >= 11 is 1.45. The lowest BCUT2D eigenvalue weighted by Gasteiger charge is -2.11. The van der Waals surface area contributed by atoms with E-state index in [0.29, 0.717) is 13.2 Å². The number of carbonyl (C=O) groups excluding carboxylic acids is 1. The van der Waals surface area contributed by atoms with Crippen LogP contribution in [0.5, 0.6) is 11.5 Å². The molecule has 1 aromatic carbocycles. The van der Waals surface area contributed by atoms with Crippen molar-refractivity contribution in [3.63, 3.8) is 0 Å². The molecule has 1 unspecified atom stereocenters. The standard InChI is InChI=1S/C13H16O4S/c1-9(13(14)15-2)18-10-4-5-11-12(8-10)17-7-3-6-16-11/h4-5,8-9H,3,6-7H2,1-2H3. The smallest absolute Gasteiger partial charge is 0.318 e. The minimum absolute atomic E-state index is 0.230. The molecule has 0 aliphatic carbocycles. The Balaban J connectivity index is 2.10. The number of thioether (sulfide) groups is 1. The molecule has 1 aliphatic rings. The van der Waals surface area contributed by atoms with Crippen LogP contribution in [0.2, 0.25) is 0 Å². The van der Waals surface area contributed by atoms with E-state index in [4.69, 9.17) is 14.2 Å². The molecular weight excluding hydrogens is 252 g/mol. The fourth-order valence-electron chi connectivity index (χ4n) is 1.64. The minimum Gasteiger partial charge on any atom is -0.490 e. The number of fused-ring (bicyclic) bond motifs is 1. The first-order valence-corrected chi connectivity index (χ1v) is 6.73. The zero-order valence-electron chi connectivity index (χ0n) is 10.5. The number of ether oxygens (including phenoxy) is 3. The normalized spacial score (nSPS) is 15.7. The lowest BCUT2D eigenvalue weighted by molar-refractivity contribution is -0.139. The molecule has 1 aromatic rings. The minimum atomic E-state index is -0.236. The molecule has 0 amide bonds. The lowest BCUT2D eigenvalue weighted by atomic mass is 10.3. The molecule has 0 spiro atoms. The van der Waals surface area contributed by atoms with Crippen LogP contribution in [-0.4, -0.2) is 31.5 Å². The zero-order valence-corrected chi connectivity index (χ0v) is 11.3. The van der Waals surface area contributed by atoms with Crippen LogP contribution < -0.4 is 9.47 Å². The molecule has 0 N–H and O–H groups in total. The molecule has 0 saturated heterocycles. The van der Waals surface area contributed by atoms with Crippen LogP contribution in [0.15, 0.2) is 23.1 Å². The first-order valence-electron chi connectivity index (χ1n) is 5.85. The van der Waals surface area contributed by atoms with Gasteiger partial charge in [-0.1, -0.05) is 0 Å². The van der Waals surface area contributed by atoms with E-state index < -0.39 is 0 Å². The van der Waals surface area contributed by atoms with Gasteiger partial charge in [0.1, 0.15) is 5.25 Å². The number of rotatable bonds is 3. The maximum absolute atomic E-state index is 11.4. The van der Waals surface area contributed by atoms with E-state index in [-0.39, 0.29) is 11.2 Å². The van der Waals surface area contributed by atoms with E-state index in [9.17, 15) is 4.79 Å². The number of benzene rings is 1. The van der Waals surface area contributed by atoms with Gasteiger partial charge in [-0.15, -0.1) is 11.8 Å².